The van der Waals surface area contributed by atoms with E-state index in [1.54, 1.807) is 0 Å². The second kappa shape index (κ2) is 7.38. The van der Waals surface area contributed by atoms with E-state index in [0.29, 0.717) is 22.1 Å². The van der Waals surface area contributed by atoms with Crippen molar-refractivity contribution in [3.8, 4) is 0 Å². The first kappa shape index (κ1) is 20.4. The maximum absolute atomic E-state index is 13.1. The molecule has 0 bridgehead atoms. The number of alkyl halides is 3. The van der Waals surface area contributed by atoms with Crippen LogP contribution in [0.4, 0.5) is 13.2 Å². The van der Waals surface area contributed by atoms with Gasteiger partial charge in [-0.3, -0.25) is 0 Å². The van der Waals surface area contributed by atoms with Gasteiger partial charge in [-0.1, -0.05) is 19.6 Å². The van der Waals surface area contributed by atoms with Gasteiger partial charge in [-0.2, -0.15) is 18.3 Å². The molecule has 140 valence electrons. The normalized spacial score (nSPS) is 14.3. The summed E-state index contributed by atoms with van der Waals surface area (Å²) >= 11 is 3.31. The number of ether oxygens (including phenoxy) is 1. The summed E-state index contributed by atoms with van der Waals surface area (Å²) in [5, 5.41) is 14.5. The van der Waals surface area contributed by atoms with Crippen LogP contribution >= 0.6 is 15.9 Å². The van der Waals surface area contributed by atoms with Crippen LogP contribution in [0.15, 0.2) is 16.7 Å². The third-order valence-corrected chi connectivity index (χ3v) is 6.34. The largest absolute Gasteiger partial charge is 0.416 e. The SMILES string of the molecule is CC(O)c1cc(C(F)(F)F)cc2c(Br)n(COCC[Si](C)(C)C)nc12. The Morgan fingerprint density at radius 1 is 1.32 bits per heavy atom. The molecule has 0 saturated carbocycles. The number of aromatic nitrogens is 2. The Labute approximate surface area is 154 Å². The Morgan fingerprint density at radius 2 is 1.96 bits per heavy atom. The predicted molar refractivity (Wildman–Crippen MR) is 97.2 cm³/mol. The zero-order valence-electron chi connectivity index (χ0n) is 14.6. The number of nitrogens with zero attached hydrogens (tertiary/aromatic N) is 2. The third-order valence-electron chi connectivity index (χ3n) is 3.80. The number of aliphatic hydroxyl groups is 1. The second-order valence-electron chi connectivity index (χ2n) is 7.27. The fourth-order valence-corrected chi connectivity index (χ4v) is 3.57. The first-order valence-corrected chi connectivity index (χ1v) is 12.4. The first-order valence-electron chi connectivity index (χ1n) is 7.93. The quantitative estimate of drug-likeness (QED) is 0.498. The molecular formula is C16H22BrF3N2O2Si. The molecule has 0 aliphatic heterocycles. The van der Waals surface area contributed by atoms with Crippen molar-refractivity contribution in [3.05, 3.63) is 27.9 Å². The molecule has 2 rings (SSSR count). The van der Waals surface area contributed by atoms with Crippen LogP contribution in [0.25, 0.3) is 10.9 Å². The minimum atomic E-state index is -4.49. The third kappa shape index (κ3) is 5.05. The van der Waals surface area contributed by atoms with Gasteiger partial charge in [0.05, 0.1) is 17.2 Å². The van der Waals surface area contributed by atoms with Crippen molar-refractivity contribution in [2.75, 3.05) is 6.61 Å². The number of hydrogen-bond acceptors (Lipinski definition) is 3. The molecule has 0 spiro atoms. The van der Waals surface area contributed by atoms with E-state index < -0.39 is 25.9 Å². The summed E-state index contributed by atoms with van der Waals surface area (Å²) in [7, 11) is -1.22. The topological polar surface area (TPSA) is 47.3 Å². The highest BCUT2D eigenvalue weighted by molar-refractivity contribution is 9.10. The van der Waals surface area contributed by atoms with Gasteiger partial charge in [-0.25, -0.2) is 4.68 Å². The Balaban J connectivity index is 2.35. The highest BCUT2D eigenvalue weighted by Gasteiger charge is 2.33. The molecule has 4 nitrogen and oxygen atoms in total. The molecule has 1 aromatic carbocycles. The maximum atomic E-state index is 13.1. The highest BCUT2D eigenvalue weighted by atomic mass is 79.9. The van der Waals surface area contributed by atoms with Crippen molar-refractivity contribution in [2.24, 2.45) is 0 Å². The van der Waals surface area contributed by atoms with Crippen LogP contribution in [-0.2, 0) is 17.6 Å². The first-order chi connectivity index (χ1) is 11.4. The lowest BCUT2D eigenvalue weighted by Crippen LogP contribution is -2.22. The average molecular weight is 439 g/mol. The van der Waals surface area contributed by atoms with E-state index in [9.17, 15) is 18.3 Å². The molecule has 0 radical (unpaired) electrons. The summed E-state index contributed by atoms with van der Waals surface area (Å²) in [6.45, 7) is 8.86. The van der Waals surface area contributed by atoms with Crippen LogP contribution in [0.3, 0.4) is 0 Å². The number of benzene rings is 1. The fraction of sp³-hybridized carbons (Fsp3) is 0.562. The van der Waals surface area contributed by atoms with E-state index >= 15 is 0 Å². The molecule has 2 aromatic rings. The molecule has 0 amide bonds. The van der Waals surface area contributed by atoms with Crippen LogP contribution in [-0.4, -0.2) is 29.6 Å². The molecule has 1 N–H and O–H groups in total. The lowest BCUT2D eigenvalue weighted by Gasteiger charge is -2.15. The van der Waals surface area contributed by atoms with E-state index in [1.165, 1.54) is 11.6 Å². The van der Waals surface area contributed by atoms with E-state index in [0.717, 1.165) is 18.2 Å². The van der Waals surface area contributed by atoms with Crippen molar-refractivity contribution in [1.29, 1.82) is 0 Å². The molecule has 0 fully saturated rings. The van der Waals surface area contributed by atoms with E-state index in [4.69, 9.17) is 4.74 Å². The Morgan fingerprint density at radius 3 is 2.48 bits per heavy atom. The van der Waals surface area contributed by atoms with Gasteiger partial charge in [-0.05, 0) is 41.0 Å². The van der Waals surface area contributed by atoms with Gasteiger partial charge in [0.15, 0.2) is 0 Å². The number of rotatable bonds is 6. The highest BCUT2D eigenvalue weighted by Crippen LogP contribution is 2.37. The lowest BCUT2D eigenvalue weighted by atomic mass is 10.0. The molecule has 1 heterocycles. The summed E-state index contributed by atoms with van der Waals surface area (Å²) < 4.78 is 46.8. The summed E-state index contributed by atoms with van der Waals surface area (Å²) in [5.74, 6) is 0. The van der Waals surface area contributed by atoms with Gasteiger partial charge < -0.3 is 9.84 Å². The Bertz CT molecular complexity index is 754. The van der Waals surface area contributed by atoms with Crippen LogP contribution in [0.5, 0.6) is 0 Å². The van der Waals surface area contributed by atoms with Gasteiger partial charge in [0.1, 0.15) is 11.3 Å². The number of halogens is 4. The second-order valence-corrected chi connectivity index (χ2v) is 13.6. The Hall–Kier alpha value is -0.903. The maximum Gasteiger partial charge on any atom is 0.416 e. The van der Waals surface area contributed by atoms with Gasteiger partial charge in [0.25, 0.3) is 0 Å². The number of fused-ring (bicyclic) bond motifs is 1. The van der Waals surface area contributed by atoms with E-state index in [1.807, 2.05) is 0 Å². The summed E-state index contributed by atoms with van der Waals surface area (Å²) in [6.07, 6.45) is -5.56. The predicted octanol–water partition coefficient (Wildman–Crippen LogP) is 5.18. The van der Waals surface area contributed by atoms with Gasteiger partial charge in [0, 0.05) is 25.6 Å². The van der Waals surface area contributed by atoms with Crippen molar-refractivity contribution < 1.29 is 23.0 Å². The van der Waals surface area contributed by atoms with Crippen molar-refractivity contribution in [3.63, 3.8) is 0 Å². The van der Waals surface area contributed by atoms with Gasteiger partial charge in [0.2, 0.25) is 0 Å². The smallest absolute Gasteiger partial charge is 0.389 e. The molecule has 9 heteroatoms. The molecule has 1 atom stereocenters. The standard InChI is InChI=1S/C16H22BrF3N2O2Si/c1-10(23)12-7-11(16(18,19)20)8-13-14(12)21-22(15(13)17)9-24-5-6-25(2,3)4/h7-8,10,23H,5-6,9H2,1-4H3. The fourth-order valence-electron chi connectivity index (χ4n) is 2.33. The molecule has 25 heavy (non-hydrogen) atoms. The van der Waals surface area contributed by atoms with Crippen LogP contribution in [0.1, 0.15) is 24.2 Å². The summed E-state index contributed by atoms with van der Waals surface area (Å²) in [5.41, 5.74) is -0.328. The summed E-state index contributed by atoms with van der Waals surface area (Å²) in [4.78, 5) is 0. The van der Waals surface area contributed by atoms with Gasteiger partial charge in [-0.15, -0.1) is 0 Å². The monoisotopic (exact) mass is 438 g/mol. The van der Waals surface area contributed by atoms with Crippen LogP contribution in [0, 0.1) is 0 Å². The number of aliphatic hydroxyl groups excluding tert-OH is 1. The number of hydrogen-bond donors (Lipinski definition) is 1. The van der Waals surface area contributed by atoms with Crippen molar-refractivity contribution >= 4 is 34.9 Å². The molecule has 0 saturated heterocycles. The zero-order valence-corrected chi connectivity index (χ0v) is 17.2. The van der Waals surface area contributed by atoms with E-state index in [2.05, 4.69) is 40.7 Å². The molecule has 1 aromatic heterocycles. The molecule has 0 aliphatic rings. The van der Waals surface area contributed by atoms with Gasteiger partial charge >= 0.3 is 6.18 Å². The Kier molecular flexibility index (Phi) is 6.02. The van der Waals surface area contributed by atoms with Crippen LogP contribution in [0.2, 0.25) is 25.7 Å². The lowest BCUT2D eigenvalue weighted by molar-refractivity contribution is -0.137. The van der Waals surface area contributed by atoms with Crippen molar-refractivity contribution in [2.45, 2.75) is 51.6 Å². The zero-order chi connectivity index (χ0) is 19.0. The summed E-state index contributed by atoms with van der Waals surface area (Å²) in [6, 6.07) is 2.97. The van der Waals surface area contributed by atoms with Crippen molar-refractivity contribution in [1.82, 2.24) is 9.78 Å². The molecule has 0 aliphatic carbocycles. The molecular weight excluding hydrogens is 417 g/mol. The molecule has 1 unspecified atom stereocenters. The van der Waals surface area contributed by atoms with Crippen LogP contribution < -0.4 is 0 Å². The minimum Gasteiger partial charge on any atom is -0.389 e. The minimum absolute atomic E-state index is 0.139. The average Bonchev–Trinajstić information content (AvgIpc) is 2.77. The van der Waals surface area contributed by atoms with E-state index in [-0.39, 0.29) is 12.3 Å².